The van der Waals surface area contributed by atoms with Crippen LogP contribution in [0, 0.1) is 5.92 Å². The van der Waals surface area contributed by atoms with Gasteiger partial charge in [0.1, 0.15) is 6.04 Å². The summed E-state index contributed by atoms with van der Waals surface area (Å²) in [7, 11) is 0. The monoisotopic (exact) mass is 263 g/mol. The highest BCUT2D eigenvalue weighted by atomic mass is 16.2. The number of hydrogen-bond acceptors (Lipinski definition) is 2. The first-order valence-electron chi connectivity index (χ1n) is 6.39. The molecule has 0 aliphatic rings. The van der Waals surface area contributed by atoms with Gasteiger partial charge in [-0.25, -0.2) is 4.79 Å². The second-order valence-electron chi connectivity index (χ2n) is 4.77. The maximum Gasteiger partial charge on any atom is 0.312 e. The van der Waals surface area contributed by atoms with Crippen LogP contribution in [0.1, 0.15) is 26.3 Å². The van der Waals surface area contributed by atoms with Crippen LogP contribution in [0.15, 0.2) is 24.3 Å². The van der Waals surface area contributed by atoms with Crippen LogP contribution < -0.4 is 16.4 Å². The van der Waals surface area contributed by atoms with Crippen molar-refractivity contribution in [2.45, 2.75) is 33.2 Å². The molecule has 0 radical (unpaired) electrons. The first-order chi connectivity index (χ1) is 8.93. The van der Waals surface area contributed by atoms with E-state index in [9.17, 15) is 9.59 Å². The molecule has 1 unspecified atom stereocenters. The summed E-state index contributed by atoms with van der Waals surface area (Å²) in [6, 6.07) is 6.29. The largest absolute Gasteiger partial charge is 0.352 e. The number of nitrogens with two attached hydrogens (primary N) is 1. The molecule has 0 heterocycles. The number of benzene rings is 1. The van der Waals surface area contributed by atoms with E-state index >= 15 is 0 Å². The molecule has 0 saturated heterocycles. The average Bonchev–Trinajstić information content (AvgIpc) is 2.35. The summed E-state index contributed by atoms with van der Waals surface area (Å²) in [4.78, 5) is 23.0. The van der Waals surface area contributed by atoms with Gasteiger partial charge in [0.25, 0.3) is 0 Å². The van der Waals surface area contributed by atoms with E-state index in [1.807, 2.05) is 45.0 Å². The number of carbonyl (C=O) groups is 2. The minimum atomic E-state index is -0.698. The molecular formula is C14H21N3O2. The molecule has 0 aliphatic heterocycles. The van der Waals surface area contributed by atoms with Gasteiger partial charge in [0, 0.05) is 5.69 Å². The topological polar surface area (TPSA) is 84.2 Å². The Morgan fingerprint density at radius 2 is 2.00 bits per heavy atom. The number of primary amides is 1. The number of aryl methyl sites for hydroxylation is 1. The van der Waals surface area contributed by atoms with E-state index in [0.29, 0.717) is 0 Å². The minimum absolute atomic E-state index is 0.0399. The molecule has 104 valence electrons. The van der Waals surface area contributed by atoms with Crippen molar-refractivity contribution >= 4 is 17.6 Å². The summed E-state index contributed by atoms with van der Waals surface area (Å²) in [5.41, 5.74) is 6.94. The smallest absolute Gasteiger partial charge is 0.312 e. The normalized spacial score (nSPS) is 12.0. The van der Waals surface area contributed by atoms with Gasteiger partial charge < -0.3 is 16.4 Å². The second kappa shape index (κ2) is 6.78. The Hall–Kier alpha value is -2.04. The number of amides is 3. The average molecular weight is 263 g/mol. The third-order valence-electron chi connectivity index (χ3n) is 2.85. The van der Waals surface area contributed by atoms with Gasteiger partial charge in [-0.1, -0.05) is 32.9 Å². The molecule has 0 saturated carbocycles. The summed E-state index contributed by atoms with van der Waals surface area (Å²) in [5, 5.41) is 5.25. The molecule has 1 rings (SSSR count). The highest BCUT2D eigenvalue weighted by Crippen LogP contribution is 2.13. The predicted molar refractivity (Wildman–Crippen MR) is 75.8 cm³/mol. The quantitative estimate of drug-likeness (QED) is 0.757. The van der Waals surface area contributed by atoms with Crippen LogP contribution in [0.2, 0.25) is 0 Å². The first kappa shape index (κ1) is 15.0. The van der Waals surface area contributed by atoms with Crippen molar-refractivity contribution in [2.24, 2.45) is 11.7 Å². The van der Waals surface area contributed by atoms with E-state index in [0.717, 1.165) is 17.7 Å². The van der Waals surface area contributed by atoms with Crippen LogP contribution in [0.25, 0.3) is 0 Å². The van der Waals surface area contributed by atoms with Gasteiger partial charge in [0.15, 0.2) is 0 Å². The minimum Gasteiger partial charge on any atom is -0.352 e. The van der Waals surface area contributed by atoms with Crippen LogP contribution in [0.3, 0.4) is 0 Å². The first-order valence-corrected chi connectivity index (χ1v) is 6.39. The maximum absolute atomic E-state index is 12.1. The van der Waals surface area contributed by atoms with Crippen molar-refractivity contribution in [2.75, 3.05) is 5.32 Å². The molecule has 19 heavy (non-hydrogen) atoms. The molecule has 5 nitrogen and oxygen atoms in total. The summed E-state index contributed by atoms with van der Waals surface area (Å²) in [6.07, 6.45) is 0.900. The number of urea groups is 1. The van der Waals surface area contributed by atoms with Crippen LogP contribution in [0.4, 0.5) is 10.5 Å². The Morgan fingerprint density at radius 1 is 1.32 bits per heavy atom. The van der Waals surface area contributed by atoms with Crippen molar-refractivity contribution < 1.29 is 9.59 Å². The van der Waals surface area contributed by atoms with E-state index in [-0.39, 0.29) is 11.8 Å². The molecule has 3 amide bonds. The van der Waals surface area contributed by atoms with Gasteiger partial charge >= 0.3 is 6.03 Å². The van der Waals surface area contributed by atoms with Gasteiger partial charge in [-0.2, -0.15) is 0 Å². The molecule has 0 spiro atoms. The lowest BCUT2D eigenvalue weighted by molar-refractivity contribution is -0.118. The Bertz CT molecular complexity index is 458. The van der Waals surface area contributed by atoms with E-state index in [4.69, 9.17) is 5.73 Å². The molecule has 1 atom stereocenters. The van der Waals surface area contributed by atoms with Crippen molar-refractivity contribution in [1.29, 1.82) is 0 Å². The molecule has 5 heteroatoms. The van der Waals surface area contributed by atoms with Gasteiger partial charge in [0.05, 0.1) is 0 Å². The molecule has 4 N–H and O–H groups in total. The summed E-state index contributed by atoms with van der Waals surface area (Å²) in [6.45, 7) is 5.75. The number of anilines is 1. The van der Waals surface area contributed by atoms with Crippen LogP contribution >= 0.6 is 0 Å². The zero-order chi connectivity index (χ0) is 14.4. The standard InChI is InChI=1S/C14H21N3O2/c1-4-10-6-5-7-11(8-10)16-13(18)12(9(2)3)17-14(15)19/h5-9,12H,4H2,1-3H3,(H,16,18)(H3,15,17,19). The maximum atomic E-state index is 12.1. The zero-order valence-electron chi connectivity index (χ0n) is 11.6. The van der Waals surface area contributed by atoms with Crippen LogP contribution in [0.5, 0.6) is 0 Å². The third-order valence-corrected chi connectivity index (χ3v) is 2.85. The van der Waals surface area contributed by atoms with Gasteiger partial charge in [0.2, 0.25) is 5.91 Å². The van der Waals surface area contributed by atoms with Crippen LogP contribution in [-0.2, 0) is 11.2 Å². The van der Waals surface area contributed by atoms with Crippen LogP contribution in [-0.4, -0.2) is 18.0 Å². The van der Waals surface area contributed by atoms with E-state index in [1.165, 1.54) is 0 Å². The molecule has 1 aromatic rings. The van der Waals surface area contributed by atoms with Crippen molar-refractivity contribution in [3.63, 3.8) is 0 Å². The van der Waals surface area contributed by atoms with Crippen molar-refractivity contribution in [3.05, 3.63) is 29.8 Å². The number of nitrogens with one attached hydrogen (secondary N) is 2. The summed E-state index contributed by atoms with van der Waals surface area (Å²) < 4.78 is 0. The fourth-order valence-electron chi connectivity index (χ4n) is 1.78. The number of hydrogen-bond donors (Lipinski definition) is 3. The third kappa shape index (κ3) is 4.62. The zero-order valence-corrected chi connectivity index (χ0v) is 11.6. The number of rotatable bonds is 5. The van der Waals surface area contributed by atoms with E-state index in [2.05, 4.69) is 10.6 Å². The van der Waals surface area contributed by atoms with Crippen molar-refractivity contribution in [3.8, 4) is 0 Å². The Morgan fingerprint density at radius 3 is 2.53 bits per heavy atom. The summed E-state index contributed by atoms with van der Waals surface area (Å²) >= 11 is 0. The SMILES string of the molecule is CCc1cccc(NC(=O)C(NC(N)=O)C(C)C)c1. The molecule has 1 aromatic carbocycles. The predicted octanol–water partition coefficient (Wildman–Crippen LogP) is 1.88. The highest BCUT2D eigenvalue weighted by molar-refractivity contribution is 5.97. The highest BCUT2D eigenvalue weighted by Gasteiger charge is 2.23. The lowest BCUT2D eigenvalue weighted by Gasteiger charge is -2.20. The lowest BCUT2D eigenvalue weighted by Crippen LogP contribution is -2.49. The number of carbonyl (C=O) groups excluding carboxylic acids is 2. The van der Waals surface area contributed by atoms with Gasteiger partial charge in [-0.3, -0.25) is 4.79 Å². The molecule has 0 fully saturated rings. The van der Waals surface area contributed by atoms with Gasteiger partial charge in [-0.05, 0) is 30.0 Å². The second-order valence-corrected chi connectivity index (χ2v) is 4.77. The lowest BCUT2D eigenvalue weighted by atomic mass is 10.0. The molecular weight excluding hydrogens is 242 g/mol. The Kier molecular flexibility index (Phi) is 5.36. The van der Waals surface area contributed by atoms with Crippen molar-refractivity contribution in [1.82, 2.24) is 5.32 Å². The molecule has 0 aromatic heterocycles. The Balaban J connectivity index is 2.77. The van der Waals surface area contributed by atoms with E-state index in [1.54, 1.807) is 0 Å². The fourth-order valence-corrected chi connectivity index (χ4v) is 1.78. The molecule has 0 aliphatic carbocycles. The van der Waals surface area contributed by atoms with E-state index < -0.39 is 12.1 Å². The summed E-state index contributed by atoms with van der Waals surface area (Å²) in [5.74, 6) is -0.302. The Labute approximate surface area is 113 Å². The molecule has 0 bridgehead atoms. The fraction of sp³-hybridized carbons (Fsp3) is 0.429. The van der Waals surface area contributed by atoms with Gasteiger partial charge in [-0.15, -0.1) is 0 Å².